The Kier molecular flexibility index (Phi) is 7.63. The number of piperazine rings is 1. The smallest absolute Gasteiger partial charge is 0.254 e. The van der Waals surface area contributed by atoms with Crippen molar-refractivity contribution >= 4 is 29.4 Å². The first-order valence-corrected chi connectivity index (χ1v) is 10.2. The van der Waals surface area contributed by atoms with Crippen molar-refractivity contribution in [3.63, 3.8) is 0 Å². The molecule has 0 bridgehead atoms. The maximum Gasteiger partial charge on any atom is 0.254 e. The number of benzene rings is 2. The second-order valence-corrected chi connectivity index (χ2v) is 7.83. The van der Waals surface area contributed by atoms with Gasteiger partial charge in [0, 0.05) is 57.5 Å². The van der Waals surface area contributed by atoms with E-state index >= 15 is 0 Å². The SMILES string of the molecule is CN(C)c1ccc(/C=N\NC(=O)CN2CCN(Cc3ccccc3Cl)CC2)cc1. The van der Waals surface area contributed by atoms with Crippen molar-refractivity contribution in [1.29, 1.82) is 0 Å². The second-order valence-electron chi connectivity index (χ2n) is 7.42. The van der Waals surface area contributed by atoms with Crippen LogP contribution in [0, 0.1) is 0 Å². The number of halogens is 1. The van der Waals surface area contributed by atoms with E-state index in [9.17, 15) is 4.79 Å². The predicted molar refractivity (Wildman–Crippen MR) is 120 cm³/mol. The first-order valence-electron chi connectivity index (χ1n) is 9.78. The molecule has 1 aliphatic heterocycles. The van der Waals surface area contributed by atoms with Gasteiger partial charge in [0.1, 0.15) is 0 Å². The molecule has 0 aromatic heterocycles. The highest BCUT2D eigenvalue weighted by atomic mass is 35.5. The minimum absolute atomic E-state index is 0.0919. The van der Waals surface area contributed by atoms with E-state index in [0.717, 1.165) is 54.6 Å². The van der Waals surface area contributed by atoms with Gasteiger partial charge in [0.05, 0.1) is 12.8 Å². The second kappa shape index (κ2) is 10.4. The molecule has 1 fully saturated rings. The van der Waals surface area contributed by atoms with E-state index in [4.69, 9.17) is 11.6 Å². The van der Waals surface area contributed by atoms with Gasteiger partial charge in [-0.25, -0.2) is 5.43 Å². The van der Waals surface area contributed by atoms with Gasteiger partial charge in [-0.2, -0.15) is 5.10 Å². The topological polar surface area (TPSA) is 51.2 Å². The van der Waals surface area contributed by atoms with Gasteiger partial charge < -0.3 is 4.90 Å². The van der Waals surface area contributed by atoms with Crippen molar-refractivity contribution in [1.82, 2.24) is 15.2 Å². The zero-order valence-corrected chi connectivity index (χ0v) is 17.8. The summed E-state index contributed by atoms with van der Waals surface area (Å²) in [5.41, 5.74) is 5.84. The number of nitrogens with zero attached hydrogens (tertiary/aromatic N) is 4. The standard InChI is InChI=1S/C22H28ClN5O/c1-26(2)20-9-7-18(8-10-20)15-24-25-22(29)17-28-13-11-27(12-14-28)16-19-5-3-4-6-21(19)23/h3-10,15H,11-14,16-17H2,1-2H3,(H,25,29)/b24-15-. The first kappa shape index (κ1) is 21.3. The van der Waals surface area contributed by atoms with Crippen LogP contribution in [0.5, 0.6) is 0 Å². The van der Waals surface area contributed by atoms with Crippen LogP contribution in [-0.2, 0) is 11.3 Å². The number of carbonyl (C=O) groups is 1. The monoisotopic (exact) mass is 413 g/mol. The number of hydrogen-bond acceptors (Lipinski definition) is 5. The van der Waals surface area contributed by atoms with Crippen molar-refractivity contribution in [2.45, 2.75) is 6.54 Å². The Morgan fingerprint density at radius 3 is 2.38 bits per heavy atom. The van der Waals surface area contributed by atoms with Crippen LogP contribution >= 0.6 is 11.6 Å². The molecular weight excluding hydrogens is 386 g/mol. The normalized spacial score (nSPS) is 15.6. The molecule has 1 heterocycles. The number of amides is 1. The third kappa shape index (κ3) is 6.56. The summed E-state index contributed by atoms with van der Waals surface area (Å²) in [6, 6.07) is 15.9. The van der Waals surface area contributed by atoms with Gasteiger partial charge in [-0.1, -0.05) is 41.9 Å². The molecule has 0 unspecified atom stereocenters. The maximum absolute atomic E-state index is 12.2. The molecular formula is C22H28ClN5O. The minimum Gasteiger partial charge on any atom is -0.378 e. The van der Waals surface area contributed by atoms with Gasteiger partial charge in [0.25, 0.3) is 5.91 Å². The van der Waals surface area contributed by atoms with Crippen LogP contribution in [0.15, 0.2) is 53.6 Å². The van der Waals surface area contributed by atoms with E-state index in [1.807, 2.05) is 61.5 Å². The van der Waals surface area contributed by atoms with Gasteiger partial charge in [-0.05, 0) is 29.3 Å². The van der Waals surface area contributed by atoms with Crippen LogP contribution in [0.2, 0.25) is 5.02 Å². The molecule has 0 atom stereocenters. The zero-order chi connectivity index (χ0) is 20.6. The Hall–Kier alpha value is -2.41. The van der Waals surface area contributed by atoms with Gasteiger partial charge in [-0.3, -0.25) is 14.6 Å². The van der Waals surface area contributed by atoms with E-state index in [0.29, 0.717) is 6.54 Å². The lowest BCUT2D eigenvalue weighted by Gasteiger charge is -2.34. The van der Waals surface area contributed by atoms with Crippen LogP contribution < -0.4 is 10.3 Å². The molecule has 0 aliphatic carbocycles. The molecule has 1 amide bonds. The fourth-order valence-electron chi connectivity index (χ4n) is 3.25. The average molecular weight is 414 g/mol. The first-order chi connectivity index (χ1) is 14.0. The van der Waals surface area contributed by atoms with Gasteiger partial charge in [-0.15, -0.1) is 0 Å². The fraction of sp³-hybridized carbons (Fsp3) is 0.364. The summed E-state index contributed by atoms with van der Waals surface area (Å²) >= 11 is 6.25. The fourth-order valence-corrected chi connectivity index (χ4v) is 3.44. The number of hydrogen-bond donors (Lipinski definition) is 1. The molecule has 154 valence electrons. The number of carbonyl (C=O) groups excluding carboxylic acids is 1. The van der Waals surface area contributed by atoms with Crippen LogP contribution in [-0.4, -0.2) is 68.7 Å². The Morgan fingerprint density at radius 2 is 1.72 bits per heavy atom. The molecule has 3 rings (SSSR count). The van der Waals surface area contributed by atoms with E-state index < -0.39 is 0 Å². The van der Waals surface area contributed by atoms with Crippen molar-refractivity contribution in [3.8, 4) is 0 Å². The molecule has 2 aromatic carbocycles. The summed E-state index contributed by atoms with van der Waals surface area (Å²) in [7, 11) is 4.00. The van der Waals surface area contributed by atoms with Crippen LogP contribution in [0.1, 0.15) is 11.1 Å². The Bertz CT molecular complexity index is 829. The average Bonchev–Trinajstić information content (AvgIpc) is 2.71. The number of nitrogens with one attached hydrogen (secondary N) is 1. The summed E-state index contributed by atoms with van der Waals surface area (Å²) in [6.45, 7) is 4.74. The van der Waals surface area contributed by atoms with E-state index in [-0.39, 0.29) is 5.91 Å². The minimum atomic E-state index is -0.0919. The quantitative estimate of drug-likeness (QED) is 0.560. The molecule has 0 spiro atoms. The van der Waals surface area contributed by atoms with Crippen molar-refractivity contribution in [3.05, 3.63) is 64.7 Å². The summed E-state index contributed by atoms with van der Waals surface area (Å²) in [5.74, 6) is -0.0919. The van der Waals surface area contributed by atoms with Crippen LogP contribution in [0.4, 0.5) is 5.69 Å². The Labute approximate surface area is 177 Å². The van der Waals surface area contributed by atoms with Gasteiger partial charge in [0.2, 0.25) is 0 Å². The molecule has 1 N–H and O–H groups in total. The molecule has 29 heavy (non-hydrogen) atoms. The molecule has 2 aromatic rings. The Balaban J connectivity index is 1.39. The highest BCUT2D eigenvalue weighted by molar-refractivity contribution is 6.31. The third-order valence-electron chi connectivity index (χ3n) is 5.00. The highest BCUT2D eigenvalue weighted by Gasteiger charge is 2.19. The number of hydrazone groups is 1. The van der Waals surface area contributed by atoms with E-state index in [1.165, 1.54) is 0 Å². The number of rotatable bonds is 7. The largest absolute Gasteiger partial charge is 0.378 e. The zero-order valence-electron chi connectivity index (χ0n) is 17.0. The predicted octanol–water partition coefficient (Wildman–Crippen LogP) is 2.67. The lowest BCUT2D eigenvalue weighted by Crippen LogP contribution is -2.48. The summed E-state index contributed by atoms with van der Waals surface area (Å²) < 4.78 is 0. The molecule has 0 saturated carbocycles. The summed E-state index contributed by atoms with van der Waals surface area (Å²) in [5, 5.41) is 4.88. The molecule has 6 nitrogen and oxygen atoms in total. The van der Waals surface area contributed by atoms with Crippen molar-refractivity contribution in [2.24, 2.45) is 5.10 Å². The molecule has 1 aliphatic rings. The van der Waals surface area contributed by atoms with Gasteiger partial charge in [0.15, 0.2) is 0 Å². The van der Waals surface area contributed by atoms with Crippen LogP contribution in [0.25, 0.3) is 0 Å². The molecule has 7 heteroatoms. The van der Waals surface area contributed by atoms with E-state index in [1.54, 1.807) is 6.21 Å². The highest BCUT2D eigenvalue weighted by Crippen LogP contribution is 2.17. The molecule has 0 radical (unpaired) electrons. The Morgan fingerprint density at radius 1 is 1.07 bits per heavy atom. The van der Waals surface area contributed by atoms with Crippen molar-refractivity contribution in [2.75, 3.05) is 51.7 Å². The molecule has 1 saturated heterocycles. The summed E-state index contributed by atoms with van der Waals surface area (Å²) in [4.78, 5) is 18.7. The lowest BCUT2D eigenvalue weighted by molar-refractivity contribution is -0.122. The van der Waals surface area contributed by atoms with Crippen LogP contribution in [0.3, 0.4) is 0 Å². The van der Waals surface area contributed by atoms with Gasteiger partial charge >= 0.3 is 0 Å². The summed E-state index contributed by atoms with van der Waals surface area (Å²) in [6.07, 6.45) is 1.67. The third-order valence-corrected chi connectivity index (χ3v) is 5.36. The number of anilines is 1. The lowest BCUT2D eigenvalue weighted by atomic mass is 10.2. The van der Waals surface area contributed by atoms with Crippen molar-refractivity contribution < 1.29 is 4.79 Å². The van der Waals surface area contributed by atoms with E-state index in [2.05, 4.69) is 26.4 Å². The maximum atomic E-state index is 12.2.